The fourth-order valence-corrected chi connectivity index (χ4v) is 4.48. The highest BCUT2D eigenvalue weighted by molar-refractivity contribution is 5.67. The average Bonchev–Trinajstić information content (AvgIpc) is 2.79. The number of rotatable bonds is 10. The minimum atomic E-state index is -2.55. The lowest BCUT2D eigenvalue weighted by Crippen LogP contribution is -2.23. The van der Waals surface area contributed by atoms with Gasteiger partial charge in [-0.3, -0.25) is 0 Å². The quantitative estimate of drug-likeness (QED) is 0.252. The molecule has 0 aliphatic heterocycles. The Morgan fingerprint density at radius 1 is 0.844 bits per heavy atom. The van der Waals surface area contributed by atoms with E-state index in [4.69, 9.17) is 0 Å². The van der Waals surface area contributed by atoms with E-state index in [0.717, 1.165) is 18.4 Å². The van der Waals surface area contributed by atoms with E-state index in [1.807, 2.05) is 18.2 Å². The highest BCUT2D eigenvalue weighted by Gasteiger charge is 2.35. The molecule has 0 N–H and O–H groups in total. The molecule has 0 unspecified atom stereocenters. The van der Waals surface area contributed by atoms with Crippen LogP contribution in [0.1, 0.15) is 94.6 Å². The van der Waals surface area contributed by atoms with Gasteiger partial charge in [0, 0.05) is 24.0 Å². The number of hydrogen-bond donors (Lipinski definition) is 0. The molecule has 0 nitrogen and oxygen atoms in total. The zero-order valence-corrected chi connectivity index (χ0v) is 19.0. The Bertz CT molecular complexity index is 873. The first kappa shape index (κ1) is 24.5. The zero-order chi connectivity index (χ0) is 23.0. The van der Waals surface area contributed by atoms with E-state index in [2.05, 4.69) is 6.92 Å². The molecule has 4 heteroatoms. The number of alkyl halides is 2. The monoisotopic (exact) mass is 446 g/mol. The predicted molar refractivity (Wildman–Crippen MR) is 125 cm³/mol. The fraction of sp³-hybridized carbons (Fsp3) is 0.500. The van der Waals surface area contributed by atoms with Gasteiger partial charge in [0.05, 0.1) is 0 Å². The lowest BCUT2D eigenvalue weighted by atomic mass is 9.82. The number of halogens is 4. The van der Waals surface area contributed by atoms with Crippen molar-refractivity contribution in [1.29, 1.82) is 0 Å². The number of hydrogen-bond acceptors (Lipinski definition) is 0. The summed E-state index contributed by atoms with van der Waals surface area (Å²) < 4.78 is 56.1. The van der Waals surface area contributed by atoms with Crippen molar-refractivity contribution in [3.05, 3.63) is 65.2 Å². The van der Waals surface area contributed by atoms with E-state index >= 15 is 0 Å². The largest absolute Gasteiger partial charge is 0.248 e. The molecule has 1 fully saturated rings. The van der Waals surface area contributed by atoms with Crippen LogP contribution in [0.4, 0.5) is 17.6 Å². The van der Waals surface area contributed by atoms with Crippen LogP contribution in [0, 0.1) is 11.6 Å². The van der Waals surface area contributed by atoms with Crippen molar-refractivity contribution in [2.24, 2.45) is 0 Å². The molecule has 0 aromatic heterocycles. The van der Waals surface area contributed by atoms with Crippen molar-refractivity contribution >= 4 is 6.08 Å². The molecule has 0 bridgehead atoms. The zero-order valence-electron chi connectivity index (χ0n) is 19.0. The topological polar surface area (TPSA) is 0 Å². The molecule has 32 heavy (non-hydrogen) atoms. The summed E-state index contributed by atoms with van der Waals surface area (Å²) in [6.07, 6.45) is 12.4. The third kappa shape index (κ3) is 6.70. The lowest BCUT2D eigenvalue weighted by molar-refractivity contribution is -0.0382. The van der Waals surface area contributed by atoms with Crippen molar-refractivity contribution < 1.29 is 17.6 Å². The Balaban J connectivity index is 1.59. The van der Waals surface area contributed by atoms with Gasteiger partial charge in [-0.15, -0.1) is 0 Å². The molecule has 1 aliphatic rings. The molecular formula is C28H34F4. The van der Waals surface area contributed by atoms with Gasteiger partial charge in [-0.25, -0.2) is 17.6 Å². The molecule has 2 aromatic carbocycles. The molecule has 3 rings (SSSR count). The average molecular weight is 447 g/mol. The highest BCUT2D eigenvalue weighted by Crippen LogP contribution is 2.41. The van der Waals surface area contributed by atoms with Crippen LogP contribution in [0.3, 0.4) is 0 Å². The molecule has 174 valence electrons. The van der Waals surface area contributed by atoms with E-state index in [1.54, 1.807) is 30.3 Å². The van der Waals surface area contributed by atoms with Gasteiger partial charge in [0.1, 0.15) is 0 Å². The summed E-state index contributed by atoms with van der Waals surface area (Å²) in [5, 5.41) is 0. The van der Waals surface area contributed by atoms with E-state index in [0.29, 0.717) is 18.4 Å². The summed E-state index contributed by atoms with van der Waals surface area (Å²) in [7, 11) is 0. The Kier molecular flexibility index (Phi) is 8.95. The van der Waals surface area contributed by atoms with E-state index in [1.165, 1.54) is 32.1 Å². The van der Waals surface area contributed by atoms with Crippen LogP contribution in [-0.2, 0) is 0 Å². The third-order valence-corrected chi connectivity index (χ3v) is 6.54. The number of allylic oxidation sites excluding steroid dienone is 1. The van der Waals surface area contributed by atoms with Gasteiger partial charge < -0.3 is 0 Å². The van der Waals surface area contributed by atoms with Gasteiger partial charge in [0.2, 0.25) is 5.92 Å². The van der Waals surface area contributed by atoms with E-state index in [-0.39, 0.29) is 29.9 Å². The summed E-state index contributed by atoms with van der Waals surface area (Å²) in [5.74, 6) is -4.14. The Hall–Kier alpha value is -2.10. The van der Waals surface area contributed by atoms with Crippen LogP contribution < -0.4 is 0 Å². The number of unbranched alkanes of at least 4 members (excludes halogenated alkanes) is 6. The second-order valence-electron chi connectivity index (χ2n) is 9.04. The van der Waals surface area contributed by atoms with Gasteiger partial charge in [0.15, 0.2) is 11.6 Å². The van der Waals surface area contributed by atoms with Crippen LogP contribution >= 0.6 is 0 Å². The van der Waals surface area contributed by atoms with Crippen LogP contribution in [0.2, 0.25) is 0 Å². The fourth-order valence-electron chi connectivity index (χ4n) is 4.48. The normalized spacial score (nSPS) is 16.7. The molecule has 0 heterocycles. The van der Waals surface area contributed by atoms with Crippen molar-refractivity contribution in [3.8, 4) is 11.1 Å². The van der Waals surface area contributed by atoms with Crippen LogP contribution in [-0.4, -0.2) is 5.92 Å². The molecular weight excluding hydrogens is 412 g/mol. The van der Waals surface area contributed by atoms with Crippen molar-refractivity contribution in [2.75, 3.05) is 0 Å². The highest BCUT2D eigenvalue weighted by atomic mass is 19.3. The SMILES string of the molecule is CCCCCCCC/C=C/c1ccc(-c2ccc(C3CCC(F)(F)CC3)cc2)c(F)c1F. The van der Waals surface area contributed by atoms with E-state index < -0.39 is 17.6 Å². The van der Waals surface area contributed by atoms with Gasteiger partial charge in [-0.2, -0.15) is 0 Å². The Labute approximate surface area is 189 Å². The van der Waals surface area contributed by atoms with Gasteiger partial charge in [-0.1, -0.05) is 87.6 Å². The molecule has 0 amide bonds. The smallest absolute Gasteiger partial charge is 0.207 e. The summed E-state index contributed by atoms with van der Waals surface area (Å²) >= 11 is 0. The molecule has 0 saturated heterocycles. The summed E-state index contributed by atoms with van der Waals surface area (Å²) in [4.78, 5) is 0. The Morgan fingerprint density at radius 3 is 2.19 bits per heavy atom. The summed E-state index contributed by atoms with van der Waals surface area (Å²) in [6, 6.07) is 10.5. The van der Waals surface area contributed by atoms with Crippen molar-refractivity contribution in [2.45, 2.75) is 89.4 Å². The maximum Gasteiger partial charge on any atom is 0.248 e. The van der Waals surface area contributed by atoms with Crippen LogP contribution in [0.15, 0.2) is 42.5 Å². The van der Waals surface area contributed by atoms with Crippen molar-refractivity contribution in [3.63, 3.8) is 0 Å². The van der Waals surface area contributed by atoms with Crippen molar-refractivity contribution in [1.82, 2.24) is 0 Å². The maximum absolute atomic E-state index is 14.7. The Morgan fingerprint density at radius 2 is 1.50 bits per heavy atom. The van der Waals surface area contributed by atoms with Gasteiger partial charge in [0.25, 0.3) is 0 Å². The maximum atomic E-state index is 14.7. The predicted octanol–water partition coefficient (Wildman–Crippen LogP) is 9.69. The minimum Gasteiger partial charge on any atom is -0.207 e. The second kappa shape index (κ2) is 11.7. The van der Waals surface area contributed by atoms with Gasteiger partial charge >= 0.3 is 0 Å². The van der Waals surface area contributed by atoms with Crippen LogP contribution in [0.5, 0.6) is 0 Å². The van der Waals surface area contributed by atoms with Crippen LogP contribution in [0.25, 0.3) is 17.2 Å². The van der Waals surface area contributed by atoms with Gasteiger partial charge in [-0.05, 0) is 42.7 Å². The lowest BCUT2D eigenvalue weighted by Gasteiger charge is -2.28. The summed E-state index contributed by atoms with van der Waals surface area (Å²) in [6.45, 7) is 2.19. The molecule has 2 aromatic rings. The molecule has 1 aliphatic carbocycles. The molecule has 0 atom stereocenters. The first-order valence-electron chi connectivity index (χ1n) is 12.0. The standard InChI is InChI=1S/C28H34F4/c1-2-3-4-5-6-7-8-9-10-24-15-16-25(27(30)26(24)29)23-13-11-21(12-14-23)22-17-19-28(31,32)20-18-22/h9-16,22H,2-8,17-20H2,1H3/b10-9+. The first-order chi connectivity index (χ1) is 15.4. The molecule has 0 radical (unpaired) electrons. The minimum absolute atomic E-state index is 0.0902. The second-order valence-corrected chi connectivity index (χ2v) is 9.04. The molecule has 1 saturated carbocycles. The number of benzene rings is 2. The third-order valence-electron chi connectivity index (χ3n) is 6.54. The first-order valence-corrected chi connectivity index (χ1v) is 12.0. The summed E-state index contributed by atoms with van der Waals surface area (Å²) in [5.41, 5.74) is 2.06. The molecule has 0 spiro atoms. The van der Waals surface area contributed by atoms with E-state index in [9.17, 15) is 17.6 Å².